The summed E-state index contributed by atoms with van der Waals surface area (Å²) in [5.74, 6) is 0.0925. The number of amides is 2. The second-order valence-corrected chi connectivity index (χ2v) is 7.50. The highest BCUT2D eigenvalue weighted by molar-refractivity contribution is 5.78. The Morgan fingerprint density at radius 3 is 2.47 bits per heavy atom. The normalized spacial score (nSPS) is 14.7. The highest BCUT2D eigenvalue weighted by atomic mass is 16.5. The number of hydrogen-bond donors (Lipinski definition) is 2. The van der Waals surface area contributed by atoms with E-state index in [1.807, 2.05) is 24.3 Å². The Bertz CT molecular complexity index is 1110. The van der Waals surface area contributed by atoms with E-state index in [0.717, 1.165) is 29.4 Å². The number of aromatic nitrogens is 2. The van der Waals surface area contributed by atoms with Crippen LogP contribution in [0.5, 0.6) is 5.75 Å². The van der Waals surface area contributed by atoms with Crippen molar-refractivity contribution in [1.29, 1.82) is 0 Å². The van der Waals surface area contributed by atoms with Gasteiger partial charge in [-0.25, -0.2) is 4.79 Å². The number of imidazole rings is 1. The number of likely N-dealkylation sites (tertiary alicyclic amines) is 1. The van der Waals surface area contributed by atoms with Gasteiger partial charge < -0.3 is 20.4 Å². The average molecular weight is 408 g/mol. The molecule has 156 valence electrons. The minimum Gasteiger partial charge on any atom is -0.484 e. The van der Waals surface area contributed by atoms with Gasteiger partial charge in [-0.2, -0.15) is 0 Å². The van der Waals surface area contributed by atoms with Crippen molar-refractivity contribution in [3.05, 3.63) is 64.6 Å². The molecule has 0 spiro atoms. The summed E-state index contributed by atoms with van der Waals surface area (Å²) in [4.78, 5) is 40.5. The Morgan fingerprint density at radius 2 is 1.77 bits per heavy atom. The van der Waals surface area contributed by atoms with Crippen LogP contribution in [0.25, 0.3) is 11.0 Å². The second kappa shape index (κ2) is 8.44. The summed E-state index contributed by atoms with van der Waals surface area (Å²) in [6, 6.07) is 14.7. The quantitative estimate of drug-likeness (QED) is 0.645. The van der Waals surface area contributed by atoms with Crippen LogP contribution in [0.15, 0.2) is 53.3 Å². The van der Waals surface area contributed by atoms with Crippen LogP contribution < -0.4 is 16.2 Å². The molecule has 0 atom stereocenters. The maximum atomic E-state index is 12.5. The van der Waals surface area contributed by atoms with Crippen LogP contribution in [0.1, 0.15) is 24.4 Å². The van der Waals surface area contributed by atoms with Crippen molar-refractivity contribution in [2.75, 3.05) is 19.7 Å². The molecule has 2 amide bonds. The lowest BCUT2D eigenvalue weighted by atomic mass is 10.0. The minimum absolute atomic E-state index is 0.0487. The molecule has 4 rings (SSSR count). The number of nitrogens with one attached hydrogen (secondary N) is 1. The molecule has 1 aliphatic heterocycles. The van der Waals surface area contributed by atoms with E-state index in [2.05, 4.69) is 4.98 Å². The molecule has 8 nitrogen and oxygen atoms in total. The lowest BCUT2D eigenvalue weighted by Gasteiger charge is -2.32. The molecule has 8 heteroatoms. The number of aromatic amines is 1. The van der Waals surface area contributed by atoms with Crippen molar-refractivity contribution in [2.24, 2.45) is 5.73 Å². The van der Waals surface area contributed by atoms with Crippen LogP contribution in [-0.2, 0) is 16.0 Å². The largest absolute Gasteiger partial charge is 0.484 e. The van der Waals surface area contributed by atoms with E-state index in [9.17, 15) is 14.4 Å². The zero-order chi connectivity index (χ0) is 21.1. The molecule has 0 unspecified atom stereocenters. The van der Waals surface area contributed by atoms with Crippen LogP contribution in [-0.4, -0.2) is 46.0 Å². The Morgan fingerprint density at radius 1 is 1.07 bits per heavy atom. The fraction of sp³-hybridized carbons (Fsp3) is 0.318. The van der Waals surface area contributed by atoms with Crippen LogP contribution in [0.4, 0.5) is 0 Å². The molecular formula is C22H24N4O4. The predicted octanol–water partition coefficient (Wildman–Crippen LogP) is 1.60. The first kappa shape index (κ1) is 19.8. The lowest BCUT2D eigenvalue weighted by Crippen LogP contribution is -2.42. The zero-order valence-electron chi connectivity index (χ0n) is 16.5. The molecule has 3 N–H and O–H groups in total. The van der Waals surface area contributed by atoms with Gasteiger partial charge in [-0.3, -0.25) is 14.2 Å². The van der Waals surface area contributed by atoms with Crippen molar-refractivity contribution in [3.8, 4) is 5.75 Å². The highest BCUT2D eigenvalue weighted by Crippen LogP contribution is 2.25. The molecule has 2 heterocycles. The third-order valence-corrected chi connectivity index (χ3v) is 5.47. The maximum absolute atomic E-state index is 12.5. The SMILES string of the molecule is NC(=O)Cc1ccc(OCC(=O)N2CCC(n3c(=O)[nH]c4ccccc43)CC2)cc1. The van der Waals surface area contributed by atoms with E-state index in [0.29, 0.717) is 18.8 Å². The number of primary amides is 1. The summed E-state index contributed by atoms with van der Waals surface area (Å²) in [6.45, 7) is 1.11. The molecular weight excluding hydrogens is 384 g/mol. The molecule has 2 aromatic carbocycles. The van der Waals surface area contributed by atoms with Gasteiger partial charge in [0.05, 0.1) is 17.5 Å². The third-order valence-electron chi connectivity index (χ3n) is 5.47. The van der Waals surface area contributed by atoms with Crippen LogP contribution in [0.3, 0.4) is 0 Å². The number of hydrogen-bond acceptors (Lipinski definition) is 4. The van der Waals surface area contributed by atoms with Crippen molar-refractivity contribution >= 4 is 22.8 Å². The number of rotatable bonds is 6. The molecule has 1 saturated heterocycles. The zero-order valence-corrected chi connectivity index (χ0v) is 16.5. The minimum atomic E-state index is -0.392. The first-order valence-corrected chi connectivity index (χ1v) is 9.98. The van der Waals surface area contributed by atoms with Gasteiger partial charge in [0.15, 0.2) is 6.61 Å². The monoisotopic (exact) mass is 408 g/mol. The van der Waals surface area contributed by atoms with E-state index in [1.165, 1.54) is 0 Å². The summed E-state index contributed by atoms with van der Waals surface area (Å²) in [5, 5.41) is 0. The molecule has 3 aromatic rings. The van der Waals surface area contributed by atoms with Crippen LogP contribution >= 0.6 is 0 Å². The number of H-pyrrole nitrogens is 1. The van der Waals surface area contributed by atoms with Gasteiger partial charge >= 0.3 is 5.69 Å². The number of carbonyl (C=O) groups excluding carboxylic acids is 2. The number of ether oxygens (including phenoxy) is 1. The van der Waals surface area contributed by atoms with Gasteiger partial charge in [-0.05, 0) is 42.7 Å². The fourth-order valence-electron chi connectivity index (χ4n) is 3.95. The molecule has 1 aromatic heterocycles. The van der Waals surface area contributed by atoms with Gasteiger partial charge in [-0.15, -0.1) is 0 Å². The smallest absolute Gasteiger partial charge is 0.326 e. The predicted molar refractivity (Wildman–Crippen MR) is 112 cm³/mol. The number of nitrogens with two attached hydrogens (primary N) is 1. The summed E-state index contributed by atoms with van der Waals surface area (Å²) in [7, 11) is 0. The first-order chi connectivity index (χ1) is 14.5. The Labute approximate surface area is 173 Å². The van der Waals surface area contributed by atoms with E-state index >= 15 is 0 Å². The highest BCUT2D eigenvalue weighted by Gasteiger charge is 2.26. The number of benzene rings is 2. The fourth-order valence-corrected chi connectivity index (χ4v) is 3.95. The number of piperidine rings is 1. The number of nitrogens with zero attached hydrogens (tertiary/aromatic N) is 2. The maximum Gasteiger partial charge on any atom is 0.326 e. The summed E-state index contributed by atoms with van der Waals surface area (Å²) < 4.78 is 7.40. The number of fused-ring (bicyclic) bond motifs is 1. The molecule has 0 saturated carbocycles. The molecule has 1 fully saturated rings. The van der Waals surface area contributed by atoms with Crippen LogP contribution in [0.2, 0.25) is 0 Å². The van der Waals surface area contributed by atoms with Crippen LogP contribution in [0, 0.1) is 0 Å². The van der Waals surface area contributed by atoms with E-state index in [-0.39, 0.29) is 30.7 Å². The summed E-state index contributed by atoms with van der Waals surface area (Å²) in [6.07, 6.45) is 1.61. The van der Waals surface area contributed by atoms with Gasteiger partial charge in [0.1, 0.15) is 5.75 Å². The standard InChI is InChI=1S/C22H24N4O4/c23-20(27)13-15-5-7-17(8-6-15)30-14-21(28)25-11-9-16(10-12-25)26-19-4-2-1-3-18(19)24-22(26)29/h1-8,16H,9-14H2,(H2,23,27)(H,24,29). The van der Waals surface area contributed by atoms with Crippen molar-refractivity contribution in [1.82, 2.24) is 14.5 Å². The Balaban J connectivity index is 1.31. The van der Waals surface area contributed by atoms with Gasteiger partial charge in [0.2, 0.25) is 5.91 Å². The van der Waals surface area contributed by atoms with Gasteiger partial charge in [0.25, 0.3) is 5.91 Å². The van der Waals surface area contributed by atoms with E-state index in [4.69, 9.17) is 10.5 Å². The molecule has 0 aliphatic carbocycles. The third kappa shape index (κ3) is 4.22. The number of carbonyl (C=O) groups is 2. The van der Waals surface area contributed by atoms with Crippen molar-refractivity contribution < 1.29 is 14.3 Å². The molecule has 0 bridgehead atoms. The topological polar surface area (TPSA) is 110 Å². The van der Waals surface area contributed by atoms with E-state index < -0.39 is 5.91 Å². The molecule has 30 heavy (non-hydrogen) atoms. The van der Waals surface area contributed by atoms with Gasteiger partial charge in [-0.1, -0.05) is 24.3 Å². The second-order valence-electron chi connectivity index (χ2n) is 7.50. The first-order valence-electron chi connectivity index (χ1n) is 9.98. The average Bonchev–Trinajstić information content (AvgIpc) is 3.08. The Kier molecular flexibility index (Phi) is 5.56. The summed E-state index contributed by atoms with van der Waals surface area (Å²) >= 11 is 0. The van der Waals surface area contributed by atoms with E-state index in [1.54, 1.807) is 33.7 Å². The Hall–Kier alpha value is -3.55. The summed E-state index contributed by atoms with van der Waals surface area (Å²) in [5.41, 5.74) is 7.60. The van der Waals surface area contributed by atoms with Gasteiger partial charge in [0, 0.05) is 19.1 Å². The van der Waals surface area contributed by atoms with Crippen molar-refractivity contribution in [2.45, 2.75) is 25.3 Å². The molecule has 1 aliphatic rings. The number of para-hydroxylation sites is 2. The molecule has 0 radical (unpaired) electrons. The lowest BCUT2D eigenvalue weighted by molar-refractivity contribution is -0.134. The van der Waals surface area contributed by atoms with Crippen molar-refractivity contribution in [3.63, 3.8) is 0 Å².